The molecule has 0 spiro atoms. The van der Waals surface area contributed by atoms with Crippen LogP contribution in [0.25, 0.3) is 0 Å². The molecule has 13 heavy (non-hydrogen) atoms. The highest BCUT2D eigenvalue weighted by molar-refractivity contribution is 5.03. The highest BCUT2D eigenvalue weighted by Gasteiger charge is 2.21. The zero-order valence-corrected chi connectivity index (χ0v) is 9.22. The molecule has 0 aromatic rings. The maximum atomic E-state index is 8.96. The van der Waals surface area contributed by atoms with Gasteiger partial charge in [-0.3, -0.25) is 5.32 Å². The average molecular weight is 183 g/mol. The summed E-state index contributed by atoms with van der Waals surface area (Å²) in [4.78, 5) is 2.14. The Bertz CT molecular complexity index is 171. The minimum absolute atomic E-state index is 0.342. The molecular formula is C10H21N3. The third kappa shape index (κ3) is 5.62. The summed E-state index contributed by atoms with van der Waals surface area (Å²) < 4.78 is 0. The molecule has 0 rings (SSSR count). The molecule has 0 radical (unpaired) electrons. The van der Waals surface area contributed by atoms with Crippen LogP contribution in [0.15, 0.2) is 0 Å². The zero-order valence-electron chi connectivity index (χ0n) is 9.22. The molecule has 0 aliphatic heterocycles. The van der Waals surface area contributed by atoms with Gasteiger partial charge in [0.05, 0.1) is 6.07 Å². The quantitative estimate of drug-likeness (QED) is 0.673. The van der Waals surface area contributed by atoms with Crippen LogP contribution in [-0.2, 0) is 0 Å². The molecule has 0 aliphatic rings. The summed E-state index contributed by atoms with van der Waals surface area (Å²) in [6.07, 6.45) is 1.97. The van der Waals surface area contributed by atoms with E-state index < -0.39 is 0 Å². The van der Waals surface area contributed by atoms with Gasteiger partial charge < -0.3 is 4.90 Å². The minimum atomic E-state index is -0.342. The molecular weight excluding hydrogens is 162 g/mol. The van der Waals surface area contributed by atoms with Crippen LogP contribution >= 0.6 is 0 Å². The highest BCUT2D eigenvalue weighted by atomic mass is 15.0. The fourth-order valence-electron chi connectivity index (χ4n) is 1.32. The number of rotatable bonds is 6. The number of nitriles is 1. The Labute approximate surface area is 81.7 Å². The van der Waals surface area contributed by atoms with E-state index in [9.17, 15) is 0 Å². The molecule has 0 saturated heterocycles. The second-order valence-electron chi connectivity index (χ2n) is 3.88. The van der Waals surface area contributed by atoms with Crippen molar-refractivity contribution in [2.24, 2.45) is 0 Å². The van der Waals surface area contributed by atoms with Crippen LogP contribution in [0.4, 0.5) is 0 Å². The summed E-state index contributed by atoms with van der Waals surface area (Å²) >= 11 is 0. The third-order valence-corrected chi connectivity index (χ3v) is 2.10. The van der Waals surface area contributed by atoms with Crippen molar-refractivity contribution in [3.63, 3.8) is 0 Å². The lowest BCUT2D eigenvalue weighted by atomic mass is 9.97. The summed E-state index contributed by atoms with van der Waals surface area (Å²) in [5, 5.41) is 12.2. The Kier molecular flexibility index (Phi) is 5.68. The number of nitrogens with one attached hydrogen (secondary N) is 1. The van der Waals surface area contributed by atoms with Crippen LogP contribution in [0.2, 0.25) is 0 Å². The second kappa shape index (κ2) is 5.95. The van der Waals surface area contributed by atoms with Gasteiger partial charge in [-0.15, -0.1) is 0 Å². The van der Waals surface area contributed by atoms with E-state index in [0.29, 0.717) is 0 Å². The predicted octanol–water partition coefficient (Wildman–Crippen LogP) is 1.22. The first-order valence-corrected chi connectivity index (χ1v) is 4.85. The topological polar surface area (TPSA) is 39.1 Å². The van der Waals surface area contributed by atoms with Gasteiger partial charge in [-0.1, -0.05) is 6.92 Å². The first-order chi connectivity index (χ1) is 6.04. The normalized spacial score (nSPS) is 15.4. The first kappa shape index (κ1) is 12.4. The maximum absolute atomic E-state index is 8.96. The Hall–Kier alpha value is -0.590. The molecule has 0 saturated carbocycles. The second-order valence-corrected chi connectivity index (χ2v) is 3.88. The van der Waals surface area contributed by atoms with Gasteiger partial charge in [-0.05, 0) is 47.0 Å². The fourth-order valence-corrected chi connectivity index (χ4v) is 1.32. The molecule has 1 unspecified atom stereocenters. The Morgan fingerprint density at radius 1 is 1.46 bits per heavy atom. The van der Waals surface area contributed by atoms with Gasteiger partial charge >= 0.3 is 0 Å². The maximum Gasteiger partial charge on any atom is 0.103 e. The molecule has 0 fully saturated rings. The first-order valence-electron chi connectivity index (χ1n) is 4.85. The smallest absolute Gasteiger partial charge is 0.103 e. The molecule has 0 amide bonds. The SMILES string of the molecule is CCNC(C)(C#N)CCCN(C)C. The summed E-state index contributed by atoms with van der Waals surface area (Å²) in [6, 6.07) is 2.32. The number of hydrogen-bond acceptors (Lipinski definition) is 3. The van der Waals surface area contributed by atoms with Gasteiger partial charge in [0.2, 0.25) is 0 Å². The molecule has 3 nitrogen and oxygen atoms in total. The zero-order chi connectivity index (χ0) is 10.3. The third-order valence-electron chi connectivity index (χ3n) is 2.10. The Morgan fingerprint density at radius 2 is 2.08 bits per heavy atom. The summed E-state index contributed by atoms with van der Waals surface area (Å²) in [5.41, 5.74) is -0.342. The van der Waals surface area contributed by atoms with Crippen molar-refractivity contribution in [3.05, 3.63) is 0 Å². The van der Waals surface area contributed by atoms with Crippen LogP contribution < -0.4 is 5.32 Å². The Morgan fingerprint density at radius 3 is 2.46 bits per heavy atom. The molecule has 0 aliphatic carbocycles. The Balaban J connectivity index is 3.78. The van der Waals surface area contributed by atoms with Crippen molar-refractivity contribution in [2.45, 2.75) is 32.2 Å². The van der Waals surface area contributed by atoms with Gasteiger partial charge in [0, 0.05) is 0 Å². The molecule has 76 valence electrons. The van der Waals surface area contributed by atoms with E-state index in [-0.39, 0.29) is 5.54 Å². The van der Waals surface area contributed by atoms with Crippen molar-refractivity contribution in [1.29, 1.82) is 5.26 Å². The summed E-state index contributed by atoms with van der Waals surface area (Å²) in [5.74, 6) is 0. The van der Waals surface area contributed by atoms with Gasteiger partial charge in [-0.25, -0.2) is 0 Å². The largest absolute Gasteiger partial charge is 0.309 e. The molecule has 1 atom stereocenters. The van der Waals surface area contributed by atoms with E-state index in [1.165, 1.54) is 0 Å². The standard InChI is InChI=1S/C10H21N3/c1-5-12-10(2,9-11)7-6-8-13(3)4/h12H,5-8H2,1-4H3. The van der Waals surface area contributed by atoms with Crippen LogP contribution in [0.5, 0.6) is 0 Å². The fraction of sp³-hybridized carbons (Fsp3) is 0.900. The lowest BCUT2D eigenvalue weighted by Gasteiger charge is -2.23. The van der Waals surface area contributed by atoms with Gasteiger partial charge in [0.1, 0.15) is 5.54 Å². The molecule has 0 aromatic carbocycles. The highest BCUT2D eigenvalue weighted by Crippen LogP contribution is 2.10. The van der Waals surface area contributed by atoms with E-state index in [2.05, 4.69) is 30.4 Å². The van der Waals surface area contributed by atoms with Crippen molar-refractivity contribution in [3.8, 4) is 6.07 Å². The van der Waals surface area contributed by atoms with Gasteiger partial charge in [-0.2, -0.15) is 5.26 Å². The van der Waals surface area contributed by atoms with Crippen molar-refractivity contribution in [2.75, 3.05) is 27.2 Å². The molecule has 0 heterocycles. The molecule has 0 bridgehead atoms. The van der Waals surface area contributed by atoms with E-state index in [4.69, 9.17) is 5.26 Å². The van der Waals surface area contributed by atoms with Crippen molar-refractivity contribution >= 4 is 0 Å². The van der Waals surface area contributed by atoms with Gasteiger partial charge in [0.15, 0.2) is 0 Å². The number of nitrogens with zero attached hydrogens (tertiary/aromatic N) is 2. The van der Waals surface area contributed by atoms with Crippen molar-refractivity contribution < 1.29 is 0 Å². The monoisotopic (exact) mass is 183 g/mol. The van der Waals surface area contributed by atoms with Crippen LogP contribution in [0.3, 0.4) is 0 Å². The van der Waals surface area contributed by atoms with Gasteiger partial charge in [0.25, 0.3) is 0 Å². The van der Waals surface area contributed by atoms with Crippen LogP contribution in [-0.4, -0.2) is 37.6 Å². The van der Waals surface area contributed by atoms with E-state index in [1.807, 2.05) is 13.8 Å². The number of hydrogen-bond donors (Lipinski definition) is 1. The van der Waals surface area contributed by atoms with E-state index in [1.54, 1.807) is 0 Å². The summed E-state index contributed by atoms with van der Waals surface area (Å²) in [6.45, 7) is 5.89. The molecule has 1 N–H and O–H groups in total. The minimum Gasteiger partial charge on any atom is -0.309 e. The predicted molar refractivity (Wildman–Crippen MR) is 55.5 cm³/mol. The summed E-state index contributed by atoms with van der Waals surface area (Å²) in [7, 11) is 4.11. The van der Waals surface area contributed by atoms with Crippen LogP contribution in [0.1, 0.15) is 26.7 Å². The van der Waals surface area contributed by atoms with E-state index >= 15 is 0 Å². The lowest BCUT2D eigenvalue weighted by Crippen LogP contribution is -2.41. The average Bonchev–Trinajstić information content (AvgIpc) is 2.04. The molecule has 3 heteroatoms. The van der Waals surface area contributed by atoms with E-state index in [0.717, 1.165) is 25.9 Å². The molecule has 0 aromatic heterocycles. The van der Waals surface area contributed by atoms with Crippen molar-refractivity contribution in [1.82, 2.24) is 10.2 Å². The van der Waals surface area contributed by atoms with Crippen LogP contribution in [0, 0.1) is 11.3 Å². The lowest BCUT2D eigenvalue weighted by molar-refractivity contribution is 0.350.